The number of aromatic nitrogens is 1. The monoisotopic (exact) mass is 431 g/mol. The molecule has 0 radical (unpaired) electrons. The number of nitrogens with one attached hydrogen (secondary N) is 1. The van der Waals surface area contributed by atoms with E-state index in [2.05, 4.69) is 24.4 Å². The lowest BCUT2D eigenvalue weighted by atomic mass is 9.79. The summed E-state index contributed by atoms with van der Waals surface area (Å²) in [7, 11) is 0. The number of hydrogen-bond donors (Lipinski definition) is 2. The third-order valence-corrected chi connectivity index (χ3v) is 5.87. The average molecular weight is 432 g/mol. The Morgan fingerprint density at radius 3 is 2.56 bits per heavy atom. The minimum absolute atomic E-state index is 0. The Hall–Kier alpha value is -1.18. The molecule has 5 nitrogen and oxygen atoms in total. The normalized spacial score (nSPS) is 15.3. The van der Waals surface area contributed by atoms with Crippen molar-refractivity contribution in [3.63, 3.8) is 0 Å². The first-order valence-corrected chi connectivity index (χ1v) is 9.54. The van der Waals surface area contributed by atoms with Gasteiger partial charge in [-0.1, -0.05) is 30.3 Å². The number of amides is 1. The molecule has 1 aromatic carbocycles. The lowest BCUT2D eigenvalue weighted by Gasteiger charge is -2.34. The zero-order valence-corrected chi connectivity index (χ0v) is 17.9. The first-order chi connectivity index (χ1) is 12.1. The summed E-state index contributed by atoms with van der Waals surface area (Å²) in [6.45, 7) is 4.26. The summed E-state index contributed by atoms with van der Waals surface area (Å²) >= 11 is 1.69. The van der Waals surface area contributed by atoms with Gasteiger partial charge in [-0.2, -0.15) is 0 Å². The number of carbonyl (C=O) groups excluding carboxylic acids is 1. The number of carbonyl (C=O) groups is 1. The Morgan fingerprint density at radius 1 is 1.26 bits per heavy atom. The van der Waals surface area contributed by atoms with Crippen molar-refractivity contribution in [2.24, 2.45) is 11.1 Å². The topological polar surface area (TPSA) is 77.2 Å². The summed E-state index contributed by atoms with van der Waals surface area (Å²) in [5.41, 5.74) is 7.59. The molecular formula is C19H27Cl2N3O2S. The maximum atomic E-state index is 12.6. The standard InChI is InChI=1S/C19H25N3O2S.2ClH/c1-14-17(15-5-3-2-4-6-15)22-16(25-14)7-10-21-18(23)19(13-20)8-11-24-12-9-19;;/h2-6H,7-13,20H2,1H3,(H,21,23);2*1H. The molecule has 1 aliphatic heterocycles. The average Bonchev–Trinajstić information content (AvgIpc) is 3.03. The fraction of sp³-hybridized carbons (Fsp3) is 0.474. The van der Waals surface area contributed by atoms with Gasteiger partial charge in [0.15, 0.2) is 0 Å². The van der Waals surface area contributed by atoms with Gasteiger partial charge in [-0.3, -0.25) is 4.79 Å². The molecule has 0 atom stereocenters. The zero-order chi connectivity index (χ0) is 17.7. The highest BCUT2D eigenvalue weighted by atomic mass is 35.5. The van der Waals surface area contributed by atoms with Gasteiger partial charge in [0, 0.05) is 43.2 Å². The predicted molar refractivity (Wildman–Crippen MR) is 115 cm³/mol. The van der Waals surface area contributed by atoms with Crippen LogP contribution in [0.4, 0.5) is 0 Å². The van der Waals surface area contributed by atoms with Crippen LogP contribution in [0.3, 0.4) is 0 Å². The van der Waals surface area contributed by atoms with E-state index in [1.165, 1.54) is 4.88 Å². The second-order valence-electron chi connectivity index (χ2n) is 6.48. The Morgan fingerprint density at radius 2 is 1.93 bits per heavy atom. The van der Waals surface area contributed by atoms with Crippen molar-refractivity contribution in [2.45, 2.75) is 26.2 Å². The van der Waals surface area contributed by atoms with Gasteiger partial charge in [0.2, 0.25) is 5.91 Å². The number of halogens is 2. The van der Waals surface area contributed by atoms with Crippen LogP contribution in [0.5, 0.6) is 0 Å². The van der Waals surface area contributed by atoms with Crippen molar-refractivity contribution in [3.8, 4) is 11.3 Å². The van der Waals surface area contributed by atoms with Crippen LogP contribution in [0.1, 0.15) is 22.7 Å². The zero-order valence-electron chi connectivity index (χ0n) is 15.4. The quantitative estimate of drug-likeness (QED) is 0.734. The van der Waals surface area contributed by atoms with E-state index in [0.29, 0.717) is 39.1 Å². The molecule has 1 fully saturated rings. The highest BCUT2D eigenvalue weighted by Crippen LogP contribution is 2.30. The summed E-state index contributed by atoms with van der Waals surface area (Å²) < 4.78 is 5.36. The number of hydrogen-bond acceptors (Lipinski definition) is 5. The van der Waals surface area contributed by atoms with Crippen molar-refractivity contribution in [3.05, 3.63) is 40.2 Å². The maximum Gasteiger partial charge on any atom is 0.227 e. The van der Waals surface area contributed by atoms with Crippen LogP contribution in [0.25, 0.3) is 11.3 Å². The first kappa shape index (κ1) is 23.9. The van der Waals surface area contributed by atoms with Gasteiger partial charge >= 0.3 is 0 Å². The fourth-order valence-corrected chi connectivity index (χ4v) is 4.13. The number of aryl methyl sites for hydroxylation is 1. The van der Waals surface area contributed by atoms with Gasteiger partial charge in [0.1, 0.15) is 0 Å². The lowest BCUT2D eigenvalue weighted by Crippen LogP contribution is -2.49. The molecule has 1 saturated heterocycles. The van der Waals surface area contributed by atoms with Gasteiger partial charge in [-0.25, -0.2) is 4.98 Å². The van der Waals surface area contributed by atoms with Gasteiger partial charge in [0.25, 0.3) is 0 Å². The van der Waals surface area contributed by atoms with E-state index in [4.69, 9.17) is 15.5 Å². The second kappa shape index (κ2) is 11.0. The van der Waals surface area contributed by atoms with Gasteiger partial charge in [0.05, 0.1) is 16.1 Å². The van der Waals surface area contributed by atoms with E-state index in [0.717, 1.165) is 22.7 Å². The minimum atomic E-state index is -0.466. The van der Waals surface area contributed by atoms with E-state index in [1.54, 1.807) is 11.3 Å². The Balaban J connectivity index is 0.00000182. The van der Waals surface area contributed by atoms with Crippen LogP contribution in [0.2, 0.25) is 0 Å². The summed E-state index contributed by atoms with van der Waals surface area (Å²) in [4.78, 5) is 18.5. The highest BCUT2D eigenvalue weighted by molar-refractivity contribution is 7.12. The number of rotatable bonds is 6. The SMILES string of the molecule is Cc1sc(CCNC(=O)C2(CN)CCOCC2)nc1-c1ccccc1.Cl.Cl. The van der Waals surface area contributed by atoms with Gasteiger partial charge in [-0.15, -0.1) is 36.2 Å². The molecule has 1 amide bonds. The summed E-state index contributed by atoms with van der Waals surface area (Å²) in [6.07, 6.45) is 2.13. The third kappa shape index (κ3) is 5.65. The van der Waals surface area contributed by atoms with E-state index in [1.807, 2.05) is 18.2 Å². The molecule has 150 valence electrons. The Labute approximate surface area is 176 Å². The molecule has 1 aliphatic rings. The largest absolute Gasteiger partial charge is 0.381 e. The van der Waals surface area contributed by atoms with Crippen molar-refractivity contribution in [2.75, 3.05) is 26.3 Å². The number of nitrogens with two attached hydrogens (primary N) is 1. The number of thiazole rings is 1. The van der Waals surface area contributed by atoms with Crippen LogP contribution in [0, 0.1) is 12.3 Å². The van der Waals surface area contributed by atoms with Crippen LogP contribution >= 0.6 is 36.2 Å². The third-order valence-electron chi connectivity index (χ3n) is 4.83. The molecule has 2 heterocycles. The molecule has 1 aromatic heterocycles. The number of nitrogens with zero attached hydrogens (tertiary/aromatic N) is 1. The van der Waals surface area contributed by atoms with E-state index in [9.17, 15) is 4.79 Å². The van der Waals surface area contributed by atoms with Gasteiger partial charge in [-0.05, 0) is 19.8 Å². The van der Waals surface area contributed by atoms with Crippen LogP contribution in [-0.4, -0.2) is 37.2 Å². The number of ether oxygens (including phenoxy) is 1. The minimum Gasteiger partial charge on any atom is -0.381 e. The molecule has 0 spiro atoms. The van der Waals surface area contributed by atoms with Gasteiger partial charge < -0.3 is 15.8 Å². The molecular weight excluding hydrogens is 405 g/mol. The molecule has 2 aromatic rings. The molecule has 0 saturated carbocycles. The van der Waals surface area contributed by atoms with Crippen LogP contribution in [-0.2, 0) is 16.0 Å². The molecule has 0 aliphatic carbocycles. The summed E-state index contributed by atoms with van der Waals surface area (Å²) in [5.74, 6) is 0.0508. The predicted octanol–water partition coefficient (Wildman–Crippen LogP) is 3.38. The molecule has 8 heteroatoms. The Kier molecular flexibility index (Phi) is 9.70. The molecule has 0 unspecified atom stereocenters. The van der Waals surface area contributed by atoms with Crippen molar-refractivity contribution < 1.29 is 9.53 Å². The van der Waals surface area contributed by atoms with Crippen molar-refractivity contribution in [1.29, 1.82) is 0 Å². The highest BCUT2D eigenvalue weighted by Gasteiger charge is 2.38. The van der Waals surface area contributed by atoms with Crippen molar-refractivity contribution >= 4 is 42.1 Å². The van der Waals surface area contributed by atoms with E-state index in [-0.39, 0.29) is 30.7 Å². The molecule has 27 heavy (non-hydrogen) atoms. The van der Waals surface area contributed by atoms with E-state index >= 15 is 0 Å². The summed E-state index contributed by atoms with van der Waals surface area (Å²) in [5, 5.41) is 4.10. The molecule has 3 rings (SSSR count). The fourth-order valence-electron chi connectivity index (χ4n) is 3.18. The first-order valence-electron chi connectivity index (χ1n) is 8.72. The molecule has 0 bridgehead atoms. The van der Waals surface area contributed by atoms with Crippen LogP contribution in [0.15, 0.2) is 30.3 Å². The van der Waals surface area contributed by atoms with Crippen molar-refractivity contribution in [1.82, 2.24) is 10.3 Å². The van der Waals surface area contributed by atoms with E-state index < -0.39 is 5.41 Å². The van der Waals surface area contributed by atoms with Crippen LogP contribution < -0.4 is 11.1 Å². The number of benzene rings is 1. The molecule has 3 N–H and O–H groups in total. The second-order valence-corrected chi connectivity index (χ2v) is 7.77. The smallest absolute Gasteiger partial charge is 0.227 e. The Bertz CT molecular complexity index is 719. The maximum absolute atomic E-state index is 12.6. The lowest BCUT2D eigenvalue weighted by molar-refractivity contribution is -0.135. The summed E-state index contributed by atoms with van der Waals surface area (Å²) in [6, 6.07) is 10.2.